The molecule has 2 nitrogen and oxygen atoms in total. The van der Waals surface area contributed by atoms with Crippen molar-refractivity contribution in [3.05, 3.63) is 35.9 Å². The van der Waals surface area contributed by atoms with Crippen LogP contribution in [0.4, 0.5) is 0 Å². The van der Waals surface area contributed by atoms with Gasteiger partial charge in [-0.15, -0.1) is 0 Å². The standard InChI is InChI=1S/C14H19NO/c1-11(2)13(16)15-14(8-9-14)10-12-6-4-3-5-7-12/h3-7,11H,8-10H2,1-2H3,(H,15,16). The maximum Gasteiger partial charge on any atom is 0.222 e. The monoisotopic (exact) mass is 217 g/mol. The predicted octanol–water partition coefficient (Wildman–Crippen LogP) is 2.53. The van der Waals surface area contributed by atoms with Crippen molar-refractivity contribution in [2.24, 2.45) is 5.92 Å². The van der Waals surface area contributed by atoms with Crippen LogP contribution in [0.3, 0.4) is 0 Å². The summed E-state index contributed by atoms with van der Waals surface area (Å²) in [6.07, 6.45) is 3.19. The molecule has 0 aromatic heterocycles. The minimum Gasteiger partial charge on any atom is -0.350 e. The van der Waals surface area contributed by atoms with Gasteiger partial charge in [-0.2, -0.15) is 0 Å². The van der Waals surface area contributed by atoms with E-state index < -0.39 is 0 Å². The Morgan fingerprint density at radius 1 is 1.31 bits per heavy atom. The molecular formula is C14H19NO. The summed E-state index contributed by atoms with van der Waals surface area (Å²) in [6, 6.07) is 10.4. The molecule has 0 saturated heterocycles. The number of nitrogens with one attached hydrogen (secondary N) is 1. The van der Waals surface area contributed by atoms with E-state index in [-0.39, 0.29) is 17.4 Å². The SMILES string of the molecule is CC(C)C(=O)NC1(Cc2ccccc2)CC1. The van der Waals surface area contributed by atoms with Crippen molar-refractivity contribution >= 4 is 5.91 Å². The van der Waals surface area contributed by atoms with Gasteiger partial charge >= 0.3 is 0 Å². The Bertz CT molecular complexity index is 366. The van der Waals surface area contributed by atoms with Gasteiger partial charge in [-0.25, -0.2) is 0 Å². The Labute approximate surface area is 97.1 Å². The van der Waals surface area contributed by atoms with Crippen molar-refractivity contribution in [2.75, 3.05) is 0 Å². The summed E-state index contributed by atoms with van der Waals surface area (Å²) in [5.74, 6) is 0.252. The van der Waals surface area contributed by atoms with E-state index in [4.69, 9.17) is 0 Å². The fourth-order valence-corrected chi connectivity index (χ4v) is 1.89. The Morgan fingerprint density at radius 3 is 2.44 bits per heavy atom. The molecule has 1 aliphatic carbocycles. The van der Waals surface area contributed by atoms with E-state index in [0.29, 0.717) is 0 Å². The number of benzene rings is 1. The molecule has 86 valence electrons. The molecule has 0 bridgehead atoms. The van der Waals surface area contributed by atoms with Crippen LogP contribution in [-0.2, 0) is 11.2 Å². The van der Waals surface area contributed by atoms with Crippen LogP contribution in [0.2, 0.25) is 0 Å². The lowest BCUT2D eigenvalue weighted by atomic mass is 10.0. The molecule has 16 heavy (non-hydrogen) atoms. The molecular weight excluding hydrogens is 198 g/mol. The van der Waals surface area contributed by atoms with Gasteiger partial charge in [0.15, 0.2) is 0 Å². The van der Waals surface area contributed by atoms with Crippen molar-refractivity contribution in [1.29, 1.82) is 0 Å². The first-order chi connectivity index (χ1) is 7.61. The topological polar surface area (TPSA) is 29.1 Å². The third-order valence-corrected chi connectivity index (χ3v) is 3.15. The molecule has 2 rings (SSSR count). The van der Waals surface area contributed by atoms with Crippen LogP contribution in [0.1, 0.15) is 32.3 Å². The van der Waals surface area contributed by atoms with Gasteiger partial charge in [0.2, 0.25) is 5.91 Å². The number of carbonyl (C=O) groups excluding carboxylic acids is 1. The molecule has 1 saturated carbocycles. The fraction of sp³-hybridized carbons (Fsp3) is 0.500. The smallest absolute Gasteiger partial charge is 0.222 e. The highest BCUT2D eigenvalue weighted by atomic mass is 16.2. The highest BCUT2D eigenvalue weighted by Crippen LogP contribution is 2.38. The summed E-state index contributed by atoms with van der Waals surface area (Å²) in [7, 11) is 0. The van der Waals surface area contributed by atoms with Crippen LogP contribution in [0.25, 0.3) is 0 Å². The minimum atomic E-state index is 0.0582. The van der Waals surface area contributed by atoms with Crippen molar-refractivity contribution in [3.63, 3.8) is 0 Å². The molecule has 0 atom stereocenters. The zero-order valence-electron chi connectivity index (χ0n) is 9.99. The van der Waals surface area contributed by atoms with Gasteiger partial charge in [-0.05, 0) is 24.8 Å². The molecule has 1 aliphatic rings. The second kappa shape index (κ2) is 4.28. The van der Waals surface area contributed by atoms with E-state index in [9.17, 15) is 4.79 Å². The van der Waals surface area contributed by atoms with Crippen LogP contribution in [0, 0.1) is 5.92 Å². The molecule has 1 fully saturated rings. The predicted molar refractivity (Wildman–Crippen MR) is 65.1 cm³/mol. The van der Waals surface area contributed by atoms with Crippen LogP contribution in [0.15, 0.2) is 30.3 Å². The lowest BCUT2D eigenvalue weighted by molar-refractivity contribution is -0.124. The lowest BCUT2D eigenvalue weighted by Crippen LogP contribution is -2.40. The molecule has 0 unspecified atom stereocenters. The van der Waals surface area contributed by atoms with Crippen molar-refractivity contribution < 1.29 is 4.79 Å². The zero-order chi connectivity index (χ0) is 11.6. The van der Waals surface area contributed by atoms with Gasteiger partial charge in [0.05, 0.1) is 0 Å². The number of rotatable bonds is 4. The van der Waals surface area contributed by atoms with Crippen molar-refractivity contribution in [3.8, 4) is 0 Å². The van der Waals surface area contributed by atoms with E-state index >= 15 is 0 Å². The number of amides is 1. The first-order valence-corrected chi connectivity index (χ1v) is 5.97. The average molecular weight is 217 g/mol. The average Bonchev–Trinajstić information content (AvgIpc) is 2.99. The Hall–Kier alpha value is -1.31. The van der Waals surface area contributed by atoms with Crippen LogP contribution in [0.5, 0.6) is 0 Å². The lowest BCUT2D eigenvalue weighted by Gasteiger charge is -2.19. The fourth-order valence-electron chi connectivity index (χ4n) is 1.89. The summed E-state index contributed by atoms with van der Waals surface area (Å²) < 4.78 is 0. The quantitative estimate of drug-likeness (QED) is 0.825. The normalized spacial score (nSPS) is 17.2. The Kier molecular flexibility index (Phi) is 2.99. The van der Waals surface area contributed by atoms with E-state index in [0.717, 1.165) is 19.3 Å². The van der Waals surface area contributed by atoms with E-state index in [2.05, 4.69) is 29.6 Å². The number of hydrogen-bond acceptors (Lipinski definition) is 1. The Balaban J connectivity index is 1.97. The molecule has 1 N–H and O–H groups in total. The molecule has 1 aromatic rings. The van der Waals surface area contributed by atoms with E-state index in [1.807, 2.05) is 19.9 Å². The molecule has 1 amide bonds. The summed E-state index contributed by atoms with van der Waals surface area (Å²) in [5, 5.41) is 3.18. The molecule has 0 heterocycles. The van der Waals surface area contributed by atoms with Gasteiger partial charge < -0.3 is 5.32 Å². The first-order valence-electron chi connectivity index (χ1n) is 5.97. The molecule has 0 spiro atoms. The number of carbonyl (C=O) groups is 1. The second-order valence-electron chi connectivity index (χ2n) is 5.09. The molecule has 1 aromatic carbocycles. The third-order valence-electron chi connectivity index (χ3n) is 3.15. The molecule has 0 aliphatic heterocycles. The first kappa shape index (κ1) is 11.2. The van der Waals surface area contributed by atoms with Crippen LogP contribution in [-0.4, -0.2) is 11.4 Å². The Morgan fingerprint density at radius 2 is 1.94 bits per heavy atom. The van der Waals surface area contributed by atoms with E-state index in [1.54, 1.807) is 0 Å². The van der Waals surface area contributed by atoms with E-state index in [1.165, 1.54) is 5.56 Å². The summed E-state index contributed by atoms with van der Waals surface area (Å²) >= 11 is 0. The van der Waals surface area contributed by atoms with Crippen molar-refractivity contribution in [1.82, 2.24) is 5.32 Å². The van der Waals surface area contributed by atoms with Gasteiger partial charge in [-0.3, -0.25) is 4.79 Å². The van der Waals surface area contributed by atoms with Gasteiger partial charge in [0.1, 0.15) is 0 Å². The summed E-state index contributed by atoms with van der Waals surface area (Å²) in [5.41, 5.74) is 1.37. The maximum absolute atomic E-state index is 11.7. The minimum absolute atomic E-state index is 0.0582. The number of hydrogen-bond donors (Lipinski definition) is 1. The zero-order valence-corrected chi connectivity index (χ0v) is 9.99. The van der Waals surface area contributed by atoms with Gasteiger partial charge in [0.25, 0.3) is 0 Å². The van der Waals surface area contributed by atoms with Crippen LogP contribution < -0.4 is 5.32 Å². The molecule has 2 heteroatoms. The third kappa shape index (κ3) is 2.63. The largest absolute Gasteiger partial charge is 0.350 e. The second-order valence-corrected chi connectivity index (χ2v) is 5.09. The summed E-state index contributed by atoms with van der Waals surface area (Å²) in [6.45, 7) is 3.88. The maximum atomic E-state index is 11.7. The highest BCUT2D eigenvalue weighted by Gasteiger charge is 2.43. The van der Waals surface area contributed by atoms with Crippen LogP contribution >= 0.6 is 0 Å². The van der Waals surface area contributed by atoms with Crippen molar-refractivity contribution in [2.45, 2.75) is 38.6 Å². The van der Waals surface area contributed by atoms with Gasteiger partial charge in [-0.1, -0.05) is 44.2 Å². The summed E-state index contributed by atoms with van der Waals surface area (Å²) in [4.78, 5) is 11.7. The molecule has 0 radical (unpaired) electrons. The van der Waals surface area contributed by atoms with Gasteiger partial charge in [0, 0.05) is 11.5 Å². The highest BCUT2D eigenvalue weighted by molar-refractivity contribution is 5.79.